The summed E-state index contributed by atoms with van der Waals surface area (Å²) in [5.41, 5.74) is 2.04. The van der Waals surface area contributed by atoms with E-state index < -0.39 is 0 Å². The summed E-state index contributed by atoms with van der Waals surface area (Å²) in [6, 6.07) is 5.94. The molecule has 0 atom stereocenters. The van der Waals surface area contributed by atoms with E-state index in [0.717, 1.165) is 40.9 Å². The number of aromatic nitrogens is 3. The fourth-order valence-electron chi connectivity index (χ4n) is 1.82. The van der Waals surface area contributed by atoms with Crippen LogP contribution in [0.4, 0.5) is 0 Å². The van der Waals surface area contributed by atoms with E-state index in [1.807, 2.05) is 24.5 Å². The van der Waals surface area contributed by atoms with Gasteiger partial charge in [0.05, 0.1) is 18.4 Å². The second-order valence-corrected chi connectivity index (χ2v) is 9.34. The molecule has 0 fully saturated rings. The van der Waals surface area contributed by atoms with Gasteiger partial charge in [0, 0.05) is 15.6 Å². The number of hydrogen-bond donors (Lipinski definition) is 0. The van der Waals surface area contributed by atoms with Crippen LogP contribution in [0.25, 0.3) is 10.6 Å². The lowest BCUT2D eigenvalue weighted by molar-refractivity contribution is 0.416. The number of methoxy groups -OCH3 is 1. The highest BCUT2D eigenvalue weighted by Gasteiger charge is 2.12. The van der Waals surface area contributed by atoms with Gasteiger partial charge in [0.25, 0.3) is 0 Å². The summed E-state index contributed by atoms with van der Waals surface area (Å²) in [4.78, 5) is 4.72. The Morgan fingerprint density at radius 1 is 1.26 bits per heavy atom. The molecule has 2 aromatic heterocycles. The normalized spacial score (nSPS) is 10.9. The molecule has 2 heterocycles. The molecule has 0 aliphatic rings. The maximum Gasteiger partial charge on any atom is 0.175 e. The second kappa shape index (κ2) is 7.98. The van der Waals surface area contributed by atoms with Crippen LogP contribution in [0.2, 0.25) is 0 Å². The van der Waals surface area contributed by atoms with Crippen LogP contribution in [0, 0.1) is 0 Å². The van der Waals surface area contributed by atoms with Gasteiger partial charge in [0.1, 0.15) is 10.8 Å². The zero-order chi connectivity index (χ0) is 16.2. The summed E-state index contributed by atoms with van der Waals surface area (Å²) < 4.78 is 8.41. The van der Waals surface area contributed by atoms with Crippen molar-refractivity contribution in [2.75, 3.05) is 13.4 Å². The van der Waals surface area contributed by atoms with E-state index in [2.05, 4.69) is 31.5 Å². The van der Waals surface area contributed by atoms with Crippen LogP contribution in [-0.2, 0) is 5.75 Å². The summed E-state index contributed by atoms with van der Waals surface area (Å²) in [5, 5.41) is 11.3. The summed E-state index contributed by atoms with van der Waals surface area (Å²) in [6.07, 6.45) is 2.01. The van der Waals surface area contributed by atoms with Gasteiger partial charge in [-0.3, -0.25) is 0 Å². The number of benzene rings is 1. The molecule has 0 amide bonds. The Balaban J connectivity index is 1.74. The van der Waals surface area contributed by atoms with Crippen molar-refractivity contribution in [3.05, 3.63) is 33.7 Å². The minimum Gasteiger partial charge on any atom is -0.496 e. The molecule has 9 heteroatoms. The molecule has 23 heavy (non-hydrogen) atoms. The topological polar surface area (TPSA) is 47.9 Å². The Morgan fingerprint density at radius 3 is 2.83 bits per heavy atom. The first-order valence-corrected chi connectivity index (χ1v) is 11.2. The van der Waals surface area contributed by atoms with Crippen LogP contribution in [0.1, 0.15) is 5.69 Å². The van der Waals surface area contributed by atoms with Gasteiger partial charge < -0.3 is 4.74 Å². The van der Waals surface area contributed by atoms with Crippen molar-refractivity contribution in [3.63, 3.8) is 0 Å². The molecule has 3 rings (SSSR count). The van der Waals surface area contributed by atoms with Crippen LogP contribution in [0.3, 0.4) is 0 Å². The van der Waals surface area contributed by atoms with Gasteiger partial charge in [0.2, 0.25) is 0 Å². The van der Waals surface area contributed by atoms with E-state index in [1.165, 1.54) is 0 Å². The highest BCUT2D eigenvalue weighted by atomic mass is 79.9. The van der Waals surface area contributed by atoms with Gasteiger partial charge in [-0.05, 0) is 24.5 Å². The summed E-state index contributed by atoms with van der Waals surface area (Å²) >= 11 is 10.0. The smallest absolute Gasteiger partial charge is 0.175 e. The van der Waals surface area contributed by atoms with Gasteiger partial charge >= 0.3 is 0 Å². The Bertz CT molecular complexity index is 805. The van der Waals surface area contributed by atoms with Gasteiger partial charge in [0.15, 0.2) is 8.68 Å². The lowest BCUT2D eigenvalue weighted by Gasteiger charge is -2.06. The molecule has 0 spiro atoms. The Labute approximate surface area is 159 Å². The largest absolute Gasteiger partial charge is 0.496 e. The molecule has 0 radical (unpaired) electrons. The minimum atomic E-state index is 0.788. The molecule has 0 aliphatic carbocycles. The van der Waals surface area contributed by atoms with Gasteiger partial charge in [-0.1, -0.05) is 50.8 Å². The average Bonchev–Trinajstić information content (AvgIpc) is 3.22. The number of halogens is 1. The molecule has 4 nitrogen and oxygen atoms in total. The third kappa shape index (κ3) is 4.27. The third-order valence-corrected chi connectivity index (χ3v) is 7.33. The van der Waals surface area contributed by atoms with Crippen molar-refractivity contribution < 1.29 is 4.74 Å². The lowest BCUT2D eigenvalue weighted by atomic mass is 10.2. The van der Waals surface area contributed by atoms with Crippen LogP contribution in [-0.4, -0.2) is 28.5 Å². The number of ether oxygens (including phenoxy) is 1. The van der Waals surface area contributed by atoms with E-state index in [-0.39, 0.29) is 0 Å². The summed E-state index contributed by atoms with van der Waals surface area (Å²) in [5.74, 6) is 1.62. The third-order valence-electron chi connectivity index (χ3n) is 2.85. The quantitative estimate of drug-likeness (QED) is 0.470. The minimum absolute atomic E-state index is 0.788. The fourth-order valence-corrected chi connectivity index (χ4v) is 5.46. The predicted octanol–water partition coefficient (Wildman–Crippen LogP) is 5.45. The molecule has 0 N–H and O–H groups in total. The zero-order valence-electron chi connectivity index (χ0n) is 12.3. The Hall–Kier alpha value is -0.610. The molecule has 120 valence electrons. The molecule has 0 unspecified atom stereocenters. The van der Waals surface area contributed by atoms with Crippen LogP contribution < -0.4 is 4.74 Å². The zero-order valence-corrected chi connectivity index (χ0v) is 17.1. The average molecular weight is 446 g/mol. The van der Waals surface area contributed by atoms with Crippen LogP contribution >= 0.6 is 62.1 Å². The van der Waals surface area contributed by atoms with Crippen molar-refractivity contribution in [2.45, 2.75) is 14.4 Å². The second-order valence-electron chi connectivity index (χ2n) is 4.32. The van der Waals surface area contributed by atoms with E-state index in [1.54, 1.807) is 53.3 Å². The predicted molar refractivity (Wildman–Crippen MR) is 103 cm³/mol. The van der Waals surface area contributed by atoms with Crippen molar-refractivity contribution >= 4 is 62.1 Å². The monoisotopic (exact) mass is 445 g/mol. The molecular weight excluding hydrogens is 434 g/mol. The van der Waals surface area contributed by atoms with Gasteiger partial charge in [-0.15, -0.1) is 21.5 Å². The van der Waals surface area contributed by atoms with Crippen LogP contribution in [0.5, 0.6) is 5.75 Å². The van der Waals surface area contributed by atoms with Gasteiger partial charge in [-0.25, -0.2) is 4.98 Å². The standard InChI is InChI=1S/C14H12BrN3OS4/c1-19-11-4-3-8(15)5-10(11)12-16-9(6-21-12)7-22-14-18-17-13(20-2)23-14/h3-6H,7H2,1-2H3. The molecule has 0 saturated heterocycles. The highest BCUT2D eigenvalue weighted by molar-refractivity contribution is 9.10. The molecule has 0 bridgehead atoms. The maximum atomic E-state index is 5.43. The first-order chi connectivity index (χ1) is 11.2. The van der Waals surface area contributed by atoms with Crippen molar-refractivity contribution in [3.8, 4) is 16.3 Å². The Kier molecular flexibility index (Phi) is 5.97. The number of nitrogens with zero attached hydrogens (tertiary/aromatic N) is 3. The van der Waals surface area contributed by atoms with E-state index in [9.17, 15) is 0 Å². The number of thioether (sulfide) groups is 2. The molecule has 1 aromatic carbocycles. The number of thiazole rings is 1. The highest BCUT2D eigenvalue weighted by Crippen LogP contribution is 2.36. The van der Waals surface area contributed by atoms with E-state index in [4.69, 9.17) is 9.72 Å². The molecular formula is C14H12BrN3OS4. The SMILES string of the molecule is COc1ccc(Br)cc1-c1nc(CSc2nnc(SC)s2)cs1. The van der Waals surface area contributed by atoms with Crippen LogP contribution in [0.15, 0.2) is 36.7 Å². The summed E-state index contributed by atoms with van der Waals surface area (Å²) in [6.45, 7) is 0. The number of hydrogen-bond acceptors (Lipinski definition) is 8. The Morgan fingerprint density at radius 2 is 2.09 bits per heavy atom. The first kappa shape index (κ1) is 17.2. The fraction of sp³-hybridized carbons (Fsp3) is 0.214. The lowest BCUT2D eigenvalue weighted by Crippen LogP contribution is -1.88. The number of rotatable bonds is 6. The molecule has 0 aliphatic heterocycles. The van der Waals surface area contributed by atoms with Crippen molar-refractivity contribution in [1.29, 1.82) is 0 Å². The summed E-state index contributed by atoms with van der Waals surface area (Å²) in [7, 11) is 1.68. The van der Waals surface area contributed by atoms with Crippen molar-refractivity contribution in [2.24, 2.45) is 0 Å². The maximum absolute atomic E-state index is 5.43. The first-order valence-electron chi connectivity index (χ1n) is 6.48. The molecule has 3 aromatic rings. The van der Waals surface area contributed by atoms with E-state index in [0.29, 0.717) is 0 Å². The van der Waals surface area contributed by atoms with Gasteiger partial charge in [-0.2, -0.15) is 0 Å². The van der Waals surface area contributed by atoms with E-state index >= 15 is 0 Å². The molecule has 0 saturated carbocycles. The van der Waals surface area contributed by atoms with Crippen molar-refractivity contribution in [1.82, 2.24) is 15.2 Å².